The highest BCUT2D eigenvalue weighted by molar-refractivity contribution is 6.32. The lowest BCUT2D eigenvalue weighted by Crippen LogP contribution is -2.32. The largest absolute Gasteiger partial charge is 0.383 e. The number of pyridine rings is 1. The van der Waals surface area contributed by atoms with Gasteiger partial charge in [-0.25, -0.2) is 9.97 Å². The predicted octanol–water partition coefficient (Wildman–Crippen LogP) is 3.78. The predicted molar refractivity (Wildman–Crippen MR) is 133 cm³/mol. The van der Waals surface area contributed by atoms with E-state index in [4.69, 9.17) is 22.4 Å². The van der Waals surface area contributed by atoms with Gasteiger partial charge in [-0.3, -0.25) is 9.48 Å². The maximum Gasteiger partial charge on any atom is 0.246 e. The lowest BCUT2D eigenvalue weighted by Gasteiger charge is -2.19. The number of nitrogens with zero attached hydrogens (tertiary/aromatic N) is 6. The molecule has 3 aromatic heterocycles. The number of hydrogen-bond acceptors (Lipinski definition) is 5. The first kappa shape index (κ1) is 22.0. The van der Waals surface area contributed by atoms with Crippen LogP contribution in [0.1, 0.15) is 37.6 Å². The molecule has 9 heteroatoms. The molecule has 4 heterocycles. The SMILES string of the molecule is C=CC(=O)N1CC(n2nc(C#Cc3cc4ncn(CC)c4cc3Cl)c3c(N)nccc32)C[C@@H]1C. The first-order valence-corrected chi connectivity index (χ1v) is 11.5. The van der Waals surface area contributed by atoms with E-state index in [-0.39, 0.29) is 18.0 Å². The molecule has 1 fully saturated rings. The second-order valence-corrected chi connectivity index (χ2v) is 8.83. The Bertz CT molecular complexity index is 1510. The average Bonchev–Trinajstić information content (AvgIpc) is 3.52. The molecule has 34 heavy (non-hydrogen) atoms. The van der Waals surface area contributed by atoms with Crippen LogP contribution in [0.5, 0.6) is 0 Å². The Hall–Kier alpha value is -3.83. The summed E-state index contributed by atoms with van der Waals surface area (Å²) in [7, 11) is 0. The summed E-state index contributed by atoms with van der Waals surface area (Å²) in [5.74, 6) is 6.58. The van der Waals surface area contributed by atoms with Gasteiger partial charge in [0.15, 0.2) is 0 Å². The van der Waals surface area contributed by atoms with Crippen molar-refractivity contribution in [3.63, 3.8) is 0 Å². The molecular weight excluding hydrogens is 450 g/mol. The highest BCUT2D eigenvalue weighted by Gasteiger charge is 2.34. The van der Waals surface area contributed by atoms with E-state index in [9.17, 15) is 4.79 Å². The second kappa shape index (κ2) is 8.50. The molecule has 2 N–H and O–H groups in total. The number of rotatable bonds is 3. The minimum atomic E-state index is -0.0804. The fraction of sp³-hybridized carbons (Fsp3) is 0.280. The number of aromatic nitrogens is 5. The van der Waals surface area contributed by atoms with Gasteiger partial charge in [-0.15, -0.1) is 0 Å². The van der Waals surface area contributed by atoms with E-state index in [1.54, 1.807) is 12.5 Å². The van der Waals surface area contributed by atoms with E-state index in [1.807, 2.05) is 39.3 Å². The average molecular weight is 474 g/mol. The topological polar surface area (TPSA) is 94.9 Å². The Labute approximate surface area is 202 Å². The minimum Gasteiger partial charge on any atom is -0.383 e. The summed E-state index contributed by atoms with van der Waals surface area (Å²) in [6, 6.07) is 5.72. The van der Waals surface area contributed by atoms with Crippen LogP contribution in [0.3, 0.4) is 0 Å². The van der Waals surface area contributed by atoms with Gasteiger partial charge in [0, 0.05) is 30.9 Å². The van der Waals surface area contributed by atoms with Crippen LogP contribution >= 0.6 is 11.6 Å². The molecule has 1 unspecified atom stereocenters. The summed E-state index contributed by atoms with van der Waals surface area (Å²) in [5.41, 5.74) is 10.1. The number of amides is 1. The molecule has 5 rings (SSSR count). The van der Waals surface area contributed by atoms with E-state index in [0.717, 1.165) is 29.5 Å². The Kier molecular flexibility index (Phi) is 5.50. The fourth-order valence-electron chi connectivity index (χ4n) is 4.64. The first-order chi connectivity index (χ1) is 16.4. The van der Waals surface area contributed by atoms with Crippen LogP contribution in [0.15, 0.2) is 43.4 Å². The van der Waals surface area contributed by atoms with Crippen molar-refractivity contribution in [2.24, 2.45) is 0 Å². The lowest BCUT2D eigenvalue weighted by molar-refractivity contribution is -0.126. The van der Waals surface area contributed by atoms with E-state index in [2.05, 4.69) is 35.3 Å². The maximum atomic E-state index is 12.2. The summed E-state index contributed by atoms with van der Waals surface area (Å²) in [4.78, 5) is 22.7. The molecule has 2 atom stereocenters. The van der Waals surface area contributed by atoms with Gasteiger partial charge < -0.3 is 15.2 Å². The van der Waals surface area contributed by atoms with E-state index >= 15 is 0 Å². The van der Waals surface area contributed by atoms with Crippen molar-refractivity contribution in [3.8, 4) is 11.8 Å². The standard InChI is InChI=1S/C25H24ClN7O/c1-4-23(34)32-13-17(10-15(32)3)33-21-8-9-28-25(27)24(21)19(30-33)7-6-16-11-20-22(12-18(16)26)31(5-2)14-29-20/h4,8-9,11-12,14-15,17H,1,5,10,13H2,2-3H3,(H2,27,28)/t15-,17?/m0/s1. The molecule has 172 valence electrons. The van der Waals surface area contributed by atoms with Gasteiger partial charge in [0.25, 0.3) is 0 Å². The van der Waals surface area contributed by atoms with Crippen molar-refractivity contribution in [1.82, 2.24) is 29.2 Å². The number of carbonyl (C=O) groups is 1. The number of nitrogen functional groups attached to an aromatic ring is 1. The van der Waals surface area contributed by atoms with Gasteiger partial charge in [-0.2, -0.15) is 5.10 Å². The van der Waals surface area contributed by atoms with Crippen molar-refractivity contribution in [3.05, 3.63) is 59.7 Å². The fourth-order valence-corrected chi connectivity index (χ4v) is 4.84. The zero-order valence-electron chi connectivity index (χ0n) is 19.0. The van der Waals surface area contributed by atoms with Gasteiger partial charge in [-0.05, 0) is 50.5 Å². The number of nitrogens with two attached hydrogens (primary N) is 1. The Morgan fingerprint density at radius 3 is 2.91 bits per heavy atom. The summed E-state index contributed by atoms with van der Waals surface area (Å²) < 4.78 is 3.95. The van der Waals surface area contributed by atoms with Crippen molar-refractivity contribution in [2.75, 3.05) is 12.3 Å². The van der Waals surface area contributed by atoms with Gasteiger partial charge in [0.05, 0.1) is 39.3 Å². The number of halogens is 1. The third-order valence-corrected chi connectivity index (χ3v) is 6.68. The van der Waals surface area contributed by atoms with Crippen molar-refractivity contribution in [2.45, 2.75) is 38.9 Å². The first-order valence-electron chi connectivity index (χ1n) is 11.1. The van der Waals surface area contributed by atoms with Crippen LogP contribution in [0.25, 0.3) is 21.9 Å². The molecular formula is C25H24ClN7O. The number of aryl methyl sites for hydroxylation is 1. The number of fused-ring (bicyclic) bond motifs is 2. The Balaban J connectivity index is 1.57. The maximum absolute atomic E-state index is 12.2. The molecule has 1 aromatic carbocycles. The van der Waals surface area contributed by atoms with Crippen LogP contribution in [0.2, 0.25) is 5.02 Å². The molecule has 0 spiro atoms. The molecule has 4 aromatic rings. The number of likely N-dealkylation sites (tertiary alicyclic amines) is 1. The molecule has 1 aliphatic rings. The number of hydrogen-bond donors (Lipinski definition) is 1. The summed E-state index contributed by atoms with van der Waals surface area (Å²) in [6.45, 7) is 9.05. The zero-order valence-corrected chi connectivity index (χ0v) is 19.8. The minimum absolute atomic E-state index is 0.00306. The van der Waals surface area contributed by atoms with Gasteiger partial charge >= 0.3 is 0 Å². The quantitative estimate of drug-likeness (QED) is 0.361. The van der Waals surface area contributed by atoms with Crippen LogP contribution in [-0.2, 0) is 11.3 Å². The van der Waals surface area contributed by atoms with Crippen molar-refractivity contribution < 1.29 is 4.79 Å². The number of benzene rings is 1. The van der Waals surface area contributed by atoms with Crippen LogP contribution in [-0.4, -0.2) is 47.7 Å². The molecule has 0 radical (unpaired) electrons. The normalized spacial score (nSPS) is 17.8. The summed E-state index contributed by atoms with van der Waals surface area (Å²) in [6.07, 6.45) is 5.58. The van der Waals surface area contributed by atoms with Crippen LogP contribution in [0, 0.1) is 11.8 Å². The third kappa shape index (κ3) is 3.58. The van der Waals surface area contributed by atoms with Gasteiger partial charge in [0.1, 0.15) is 11.5 Å². The highest BCUT2D eigenvalue weighted by Crippen LogP contribution is 2.32. The number of imidazole rings is 1. The monoisotopic (exact) mass is 473 g/mol. The van der Waals surface area contributed by atoms with Gasteiger partial charge in [0.2, 0.25) is 5.91 Å². The Morgan fingerprint density at radius 1 is 1.32 bits per heavy atom. The van der Waals surface area contributed by atoms with Crippen LogP contribution < -0.4 is 5.73 Å². The number of carbonyl (C=O) groups excluding carboxylic acids is 1. The molecule has 0 bridgehead atoms. The molecule has 8 nitrogen and oxygen atoms in total. The highest BCUT2D eigenvalue weighted by atomic mass is 35.5. The summed E-state index contributed by atoms with van der Waals surface area (Å²) in [5, 5.41) is 6.05. The molecule has 1 aliphatic heterocycles. The molecule has 1 amide bonds. The van der Waals surface area contributed by atoms with Crippen LogP contribution in [0.4, 0.5) is 5.82 Å². The smallest absolute Gasteiger partial charge is 0.246 e. The van der Waals surface area contributed by atoms with Gasteiger partial charge in [-0.1, -0.05) is 24.1 Å². The third-order valence-electron chi connectivity index (χ3n) is 6.37. The van der Waals surface area contributed by atoms with E-state index in [0.29, 0.717) is 34.0 Å². The molecule has 0 aliphatic carbocycles. The number of anilines is 1. The summed E-state index contributed by atoms with van der Waals surface area (Å²) >= 11 is 6.54. The van der Waals surface area contributed by atoms with E-state index in [1.165, 1.54) is 6.08 Å². The van der Waals surface area contributed by atoms with E-state index < -0.39 is 0 Å². The van der Waals surface area contributed by atoms with Crippen molar-refractivity contribution in [1.29, 1.82) is 0 Å². The molecule has 0 saturated carbocycles. The second-order valence-electron chi connectivity index (χ2n) is 8.42. The Morgan fingerprint density at radius 2 is 2.15 bits per heavy atom. The molecule has 1 saturated heterocycles. The van der Waals surface area contributed by atoms with Crippen molar-refractivity contribution >= 4 is 45.3 Å². The zero-order chi connectivity index (χ0) is 24.0. The lowest BCUT2D eigenvalue weighted by atomic mass is 10.1.